The number of fused-ring (bicyclic) bond motifs is 1. The molecule has 5 aromatic rings. The molecule has 8 N–H and O–H groups in total. The standard InChI is InChI=1S/C36H39N13O4S/c1-2-21-54-36-43-33(41-16-15-37)31-35(44-36)49(48-46-31)23-27-9-5-25(6-10-27)12-14-30(51)40-18-20-53-19-17-39-29(50)13-11-24-3-7-26(8-4-24)22-28-42-34(32(38)52)47-45-28/h3-10H,2,15-23,37H2,1H3,(H2,38,52)(H,39,50)(H,40,51)(H,41,43,44)(H,42,45,47). The summed E-state index contributed by atoms with van der Waals surface area (Å²) in [6.45, 7) is 4.58. The molecule has 2 aromatic carbocycles. The summed E-state index contributed by atoms with van der Waals surface area (Å²) in [4.78, 5) is 48.8. The number of benzene rings is 2. The molecule has 0 spiro atoms. The van der Waals surface area contributed by atoms with Gasteiger partial charge in [-0.25, -0.2) is 19.6 Å². The van der Waals surface area contributed by atoms with Crippen molar-refractivity contribution in [2.24, 2.45) is 11.5 Å². The molecular weight excluding hydrogens is 711 g/mol. The molecule has 54 heavy (non-hydrogen) atoms. The van der Waals surface area contributed by atoms with Gasteiger partial charge in [0.2, 0.25) is 5.82 Å². The molecule has 3 amide bonds. The summed E-state index contributed by atoms with van der Waals surface area (Å²) < 4.78 is 7.21. The lowest BCUT2D eigenvalue weighted by atomic mass is 10.1. The number of ether oxygens (including phenoxy) is 1. The molecule has 0 aliphatic rings. The van der Waals surface area contributed by atoms with Gasteiger partial charge in [-0.2, -0.15) is 0 Å². The summed E-state index contributed by atoms with van der Waals surface area (Å²) in [6, 6.07) is 14.7. The zero-order valence-electron chi connectivity index (χ0n) is 29.5. The molecule has 0 saturated heterocycles. The molecule has 0 fully saturated rings. The van der Waals surface area contributed by atoms with Crippen molar-refractivity contribution >= 4 is 46.5 Å². The third kappa shape index (κ3) is 11.9. The van der Waals surface area contributed by atoms with E-state index in [0.717, 1.165) is 23.3 Å². The Bertz CT molecular complexity index is 2180. The SMILES string of the molecule is CCCSc1nc(NCCN)c2nnn(Cc3ccc(C#CC(=O)NCCOCCNC(=O)C#Cc4ccc(Cc5nc(C(N)=O)n[nH]5)cc4)cc3)c2n1. The smallest absolute Gasteiger partial charge is 0.296 e. The minimum Gasteiger partial charge on any atom is -0.378 e. The molecule has 278 valence electrons. The number of amides is 3. The fourth-order valence-corrected chi connectivity index (χ4v) is 5.38. The van der Waals surface area contributed by atoms with Crippen LogP contribution in [-0.4, -0.2) is 103 Å². The second-order valence-electron chi connectivity index (χ2n) is 11.5. The first-order valence-corrected chi connectivity index (χ1v) is 18.0. The van der Waals surface area contributed by atoms with Crippen LogP contribution in [0.1, 0.15) is 52.0 Å². The quantitative estimate of drug-likeness (QED) is 0.0331. The first-order chi connectivity index (χ1) is 26.3. The van der Waals surface area contributed by atoms with Gasteiger partial charge in [0.1, 0.15) is 5.82 Å². The van der Waals surface area contributed by atoms with E-state index < -0.39 is 17.7 Å². The Hall–Kier alpha value is -6.34. The maximum atomic E-state index is 12.2. The van der Waals surface area contributed by atoms with Gasteiger partial charge >= 0.3 is 0 Å². The van der Waals surface area contributed by atoms with Crippen molar-refractivity contribution in [2.75, 3.05) is 50.5 Å². The minimum atomic E-state index is -0.701. The average Bonchev–Trinajstić information content (AvgIpc) is 3.82. The number of rotatable bonds is 17. The Morgan fingerprint density at radius 3 is 2.13 bits per heavy atom. The van der Waals surface area contributed by atoms with Crippen molar-refractivity contribution in [2.45, 2.75) is 31.5 Å². The van der Waals surface area contributed by atoms with Gasteiger partial charge in [-0.3, -0.25) is 19.5 Å². The second-order valence-corrected chi connectivity index (χ2v) is 12.6. The Morgan fingerprint density at radius 2 is 1.54 bits per heavy atom. The fraction of sp³-hybridized carbons (Fsp3) is 0.306. The van der Waals surface area contributed by atoms with Gasteiger partial charge in [-0.05, 0) is 41.8 Å². The average molecular weight is 750 g/mol. The van der Waals surface area contributed by atoms with E-state index >= 15 is 0 Å². The van der Waals surface area contributed by atoms with Gasteiger partial charge in [0.05, 0.1) is 19.8 Å². The number of H-pyrrole nitrogens is 1. The zero-order valence-corrected chi connectivity index (χ0v) is 30.3. The number of anilines is 1. The molecule has 0 aliphatic carbocycles. The number of aromatic amines is 1. The highest BCUT2D eigenvalue weighted by atomic mass is 32.2. The molecule has 0 radical (unpaired) electrons. The van der Waals surface area contributed by atoms with Crippen LogP contribution < -0.4 is 27.4 Å². The van der Waals surface area contributed by atoms with Crippen LogP contribution in [0, 0.1) is 23.7 Å². The number of carbonyl (C=O) groups is 3. The monoisotopic (exact) mass is 749 g/mol. The molecule has 0 bridgehead atoms. The van der Waals surface area contributed by atoms with E-state index in [2.05, 4.69) is 77.0 Å². The number of thioether (sulfide) groups is 1. The first-order valence-electron chi connectivity index (χ1n) is 17.1. The molecule has 0 saturated carbocycles. The second kappa shape index (κ2) is 20.0. The Morgan fingerprint density at radius 1 is 0.889 bits per heavy atom. The number of hydrogen-bond donors (Lipinski definition) is 6. The van der Waals surface area contributed by atoms with E-state index in [-0.39, 0.29) is 32.1 Å². The summed E-state index contributed by atoms with van der Waals surface area (Å²) in [5.74, 6) is 11.2. The summed E-state index contributed by atoms with van der Waals surface area (Å²) in [5.41, 5.74) is 15.3. The van der Waals surface area contributed by atoms with E-state index in [4.69, 9.17) is 21.2 Å². The van der Waals surface area contributed by atoms with E-state index in [9.17, 15) is 14.4 Å². The van der Waals surface area contributed by atoms with Gasteiger partial charge < -0.3 is 32.2 Å². The number of aromatic nitrogens is 8. The summed E-state index contributed by atoms with van der Waals surface area (Å²) in [7, 11) is 0. The molecule has 0 unspecified atom stereocenters. The maximum absolute atomic E-state index is 12.2. The van der Waals surface area contributed by atoms with E-state index in [1.54, 1.807) is 28.6 Å². The van der Waals surface area contributed by atoms with Crippen LogP contribution in [0.25, 0.3) is 11.2 Å². The lowest BCUT2D eigenvalue weighted by molar-refractivity contribution is -0.116. The normalized spacial score (nSPS) is 10.6. The van der Waals surface area contributed by atoms with Crippen molar-refractivity contribution in [3.05, 3.63) is 82.4 Å². The van der Waals surface area contributed by atoms with Gasteiger partial charge in [-0.15, -0.1) is 10.2 Å². The largest absolute Gasteiger partial charge is 0.378 e. The molecule has 17 nitrogen and oxygen atoms in total. The number of nitrogens with zero attached hydrogens (tertiary/aromatic N) is 7. The molecule has 5 rings (SSSR count). The zero-order chi connectivity index (χ0) is 38.1. The van der Waals surface area contributed by atoms with Crippen LogP contribution in [0.2, 0.25) is 0 Å². The van der Waals surface area contributed by atoms with Gasteiger partial charge in [0.15, 0.2) is 22.1 Å². The molecule has 0 aliphatic heterocycles. The van der Waals surface area contributed by atoms with Crippen LogP contribution >= 0.6 is 11.8 Å². The Balaban J connectivity index is 0.983. The topological polar surface area (TPSA) is 247 Å². The molecule has 18 heteroatoms. The van der Waals surface area contributed by atoms with Crippen molar-refractivity contribution in [1.29, 1.82) is 0 Å². The maximum Gasteiger partial charge on any atom is 0.296 e. The third-order valence-corrected chi connectivity index (χ3v) is 8.34. The number of hydrogen-bond acceptors (Lipinski definition) is 13. The molecule has 3 heterocycles. The van der Waals surface area contributed by atoms with Gasteiger partial charge in [0.25, 0.3) is 17.7 Å². The van der Waals surface area contributed by atoms with Crippen LogP contribution in [-0.2, 0) is 27.3 Å². The first kappa shape index (κ1) is 38.9. The Kier molecular flexibility index (Phi) is 14.4. The van der Waals surface area contributed by atoms with Crippen molar-refractivity contribution in [3.8, 4) is 23.7 Å². The number of carbonyl (C=O) groups excluding carboxylic acids is 3. The van der Waals surface area contributed by atoms with Crippen LogP contribution in [0.15, 0.2) is 53.7 Å². The molecular formula is C36H39N13O4S. The summed E-state index contributed by atoms with van der Waals surface area (Å²) >= 11 is 1.58. The lowest BCUT2D eigenvalue weighted by Gasteiger charge is -2.08. The van der Waals surface area contributed by atoms with Crippen LogP contribution in [0.4, 0.5) is 5.82 Å². The third-order valence-electron chi connectivity index (χ3n) is 7.28. The van der Waals surface area contributed by atoms with E-state index in [0.29, 0.717) is 65.1 Å². The highest BCUT2D eigenvalue weighted by Crippen LogP contribution is 2.23. The highest BCUT2D eigenvalue weighted by molar-refractivity contribution is 7.99. The minimum absolute atomic E-state index is 0.0642. The van der Waals surface area contributed by atoms with Crippen molar-refractivity contribution in [1.82, 2.24) is 50.8 Å². The predicted molar refractivity (Wildman–Crippen MR) is 202 cm³/mol. The van der Waals surface area contributed by atoms with Gasteiger partial charge in [0, 0.05) is 61.3 Å². The molecule has 3 aromatic heterocycles. The number of nitrogens with one attached hydrogen (secondary N) is 4. The summed E-state index contributed by atoms with van der Waals surface area (Å²) in [6.07, 6.45) is 1.43. The summed E-state index contributed by atoms with van der Waals surface area (Å²) in [5, 5.41) is 24.3. The van der Waals surface area contributed by atoms with Crippen LogP contribution in [0.5, 0.6) is 0 Å². The van der Waals surface area contributed by atoms with Crippen molar-refractivity contribution in [3.63, 3.8) is 0 Å². The highest BCUT2D eigenvalue weighted by Gasteiger charge is 2.15. The van der Waals surface area contributed by atoms with Crippen molar-refractivity contribution < 1.29 is 19.1 Å². The number of nitrogens with two attached hydrogens (primary N) is 2. The van der Waals surface area contributed by atoms with E-state index in [1.165, 1.54) is 0 Å². The fourth-order valence-electron chi connectivity index (χ4n) is 4.69. The molecule has 0 atom stereocenters. The number of primary amides is 1. The van der Waals surface area contributed by atoms with Gasteiger partial charge in [-0.1, -0.05) is 60.0 Å². The lowest BCUT2D eigenvalue weighted by Crippen LogP contribution is -2.29. The predicted octanol–water partition coefficient (Wildman–Crippen LogP) is 0.602. The van der Waals surface area contributed by atoms with Crippen LogP contribution in [0.3, 0.4) is 0 Å². The van der Waals surface area contributed by atoms with E-state index in [1.807, 2.05) is 36.4 Å². The Labute approximate surface area is 315 Å².